The second-order valence-corrected chi connectivity index (χ2v) is 5.07. The zero-order chi connectivity index (χ0) is 14.1. The molecule has 1 aromatic heterocycles. The van der Waals surface area contributed by atoms with E-state index in [0.717, 1.165) is 12.8 Å². The summed E-state index contributed by atoms with van der Waals surface area (Å²) in [6.45, 7) is 0. The second-order valence-electron chi connectivity index (χ2n) is 5.07. The van der Waals surface area contributed by atoms with Crippen LogP contribution in [0.4, 0.5) is 15.8 Å². The number of benzene rings is 1. The lowest BCUT2D eigenvalue weighted by Gasteiger charge is -2.28. The molecule has 1 fully saturated rings. The van der Waals surface area contributed by atoms with E-state index in [2.05, 4.69) is 5.32 Å². The van der Waals surface area contributed by atoms with Gasteiger partial charge in [-0.05, 0) is 49.6 Å². The van der Waals surface area contributed by atoms with Gasteiger partial charge in [-0.1, -0.05) is 0 Å². The third kappa shape index (κ3) is 2.27. The molecule has 0 radical (unpaired) electrons. The van der Waals surface area contributed by atoms with Crippen LogP contribution < -0.4 is 11.1 Å². The molecule has 20 heavy (non-hydrogen) atoms. The van der Waals surface area contributed by atoms with Crippen LogP contribution in [0.25, 0.3) is 0 Å². The van der Waals surface area contributed by atoms with Crippen molar-refractivity contribution in [2.75, 3.05) is 11.1 Å². The Bertz CT molecular complexity index is 646. The second kappa shape index (κ2) is 5.00. The molecule has 4 nitrogen and oxygen atoms in total. The fraction of sp³-hybridized carbons (Fsp3) is 0.267. The Morgan fingerprint density at radius 2 is 2.15 bits per heavy atom. The van der Waals surface area contributed by atoms with Gasteiger partial charge in [-0.25, -0.2) is 4.39 Å². The summed E-state index contributed by atoms with van der Waals surface area (Å²) in [4.78, 5) is 12.3. The largest absolute Gasteiger partial charge is 0.397 e. The standard InChI is InChI=1S/C15H16FN3O/c16-10-6-7-12(17)13(9-10)18-15(20)14-5-2-8-19(14)11-3-1-4-11/h2,5-9,11H,1,3-4,17H2,(H,18,20). The number of nitrogens with zero attached hydrogens (tertiary/aromatic N) is 1. The van der Waals surface area contributed by atoms with Crippen molar-refractivity contribution >= 4 is 17.3 Å². The van der Waals surface area contributed by atoms with Crippen molar-refractivity contribution in [2.24, 2.45) is 0 Å². The molecule has 0 saturated heterocycles. The highest BCUT2D eigenvalue weighted by molar-refractivity contribution is 6.04. The van der Waals surface area contributed by atoms with Gasteiger partial charge in [0.05, 0.1) is 11.4 Å². The zero-order valence-electron chi connectivity index (χ0n) is 11.0. The maximum Gasteiger partial charge on any atom is 0.272 e. The molecule has 0 spiro atoms. The van der Waals surface area contributed by atoms with Crippen LogP contribution in [0.2, 0.25) is 0 Å². The summed E-state index contributed by atoms with van der Waals surface area (Å²) in [6, 6.07) is 7.95. The van der Waals surface area contributed by atoms with E-state index in [-0.39, 0.29) is 5.91 Å². The Balaban J connectivity index is 1.82. The molecule has 2 aromatic rings. The molecular weight excluding hydrogens is 257 g/mol. The molecule has 0 atom stereocenters. The van der Waals surface area contributed by atoms with Crippen molar-refractivity contribution in [2.45, 2.75) is 25.3 Å². The SMILES string of the molecule is Nc1ccc(F)cc1NC(=O)c1cccn1C1CCC1. The summed E-state index contributed by atoms with van der Waals surface area (Å²) in [7, 11) is 0. The van der Waals surface area contributed by atoms with E-state index in [1.807, 2.05) is 16.8 Å². The first-order valence-corrected chi connectivity index (χ1v) is 6.68. The monoisotopic (exact) mass is 273 g/mol. The van der Waals surface area contributed by atoms with E-state index in [9.17, 15) is 9.18 Å². The van der Waals surface area contributed by atoms with Gasteiger partial charge < -0.3 is 15.6 Å². The first-order chi connectivity index (χ1) is 9.65. The van der Waals surface area contributed by atoms with Gasteiger partial charge in [0, 0.05) is 12.2 Å². The highest BCUT2D eigenvalue weighted by Gasteiger charge is 2.23. The molecule has 1 aliphatic carbocycles. The molecule has 0 unspecified atom stereocenters. The molecule has 1 saturated carbocycles. The van der Waals surface area contributed by atoms with E-state index in [1.165, 1.54) is 24.6 Å². The van der Waals surface area contributed by atoms with Crippen LogP contribution in [0.1, 0.15) is 35.8 Å². The number of nitrogens with two attached hydrogens (primary N) is 1. The lowest BCUT2D eigenvalue weighted by atomic mass is 9.93. The molecular formula is C15H16FN3O. The summed E-state index contributed by atoms with van der Waals surface area (Å²) in [6.07, 6.45) is 5.29. The number of halogens is 1. The van der Waals surface area contributed by atoms with Gasteiger partial charge in [0.25, 0.3) is 5.91 Å². The minimum Gasteiger partial charge on any atom is -0.397 e. The zero-order valence-corrected chi connectivity index (χ0v) is 11.0. The first-order valence-electron chi connectivity index (χ1n) is 6.68. The molecule has 1 aromatic carbocycles. The van der Waals surface area contributed by atoms with Gasteiger partial charge in [0.1, 0.15) is 11.5 Å². The molecule has 1 heterocycles. The lowest BCUT2D eigenvalue weighted by molar-refractivity contribution is 0.101. The number of hydrogen-bond acceptors (Lipinski definition) is 2. The van der Waals surface area contributed by atoms with Crippen molar-refractivity contribution < 1.29 is 9.18 Å². The molecule has 3 N–H and O–H groups in total. The van der Waals surface area contributed by atoms with E-state index >= 15 is 0 Å². The maximum atomic E-state index is 13.2. The van der Waals surface area contributed by atoms with Gasteiger partial charge in [-0.3, -0.25) is 4.79 Å². The number of hydrogen-bond donors (Lipinski definition) is 2. The van der Waals surface area contributed by atoms with Crippen molar-refractivity contribution in [1.82, 2.24) is 4.57 Å². The Morgan fingerprint density at radius 1 is 1.35 bits per heavy atom. The van der Waals surface area contributed by atoms with E-state index in [0.29, 0.717) is 23.1 Å². The summed E-state index contributed by atoms with van der Waals surface area (Å²) in [5.74, 6) is -0.692. The fourth-order valence-corrected chi connectivity index (χ4v) is 2.39. The van der Waals surface area contributed by atoms with Crippen LogP contribution in [0.5, 0.6) is 0 Å². The average molecular weight is 273 g/mol. The van der Waals surface area contributed by atoms with Gasteiger partial charge in [-0.2, -0.15) is 0 Å². The highest BCUT2D eigenvalue weighted by Crippen LogP contribution is 2.33. The summed E-state index contributed by atoms with van der Waals surface area (Å²) in [5, 5.41) is 2.67. The molecule has 0 aliphatic heterocycles. The number of rotatable bonds is 3. The lowest BCUT2D eigenvalue weighted by Crippen LogP contribution is -2.23. The Hall–Kier alpha value is -2.30. The number of carbonyl (C=O) groups is 1. The minimum absolute atomic E-state index is 0.265. The van der Waals surface area contributed by atoms with Gasteiger partial charge in [0.2, 0.25) is 0 Å². The first kappa shape index (κ1) is 12.7. The van der Waals surface area contributed by atoms with Crippen molar-refractivity contribution in [1.29, 1.82) is 0 Å². The quantitative estimate of drug-likeness (QED) is 0.844. The van der Waals surface area contributed by atoms with Crippen LogP contribution in [-0.4, -0.2) is 10.5 Å². The number of anilines is 2. The van der Waals surface area contributed by atoms with E-state index in [4.69, 9.17) is 5.73 Å². The molecule has 5 heteroatoms. The summed E-state index contributed by atoms with van der Waals surface area (Å²) < 4.78 is 15.2. The third-order valence-corrected chi connectivity index (χ3v) is 3.74. The predicted molar refractivity (Wildman–Crippen MR) is 76.1 cm³/mol. The van der Waals surface area contributed by atoms with Gasteiger partial charge in [0.15, 0.2) is 0 Å². The average Bonchev–Trinajstić information content (AvgIpc) is 2.80. The topological polar surface area (TPSA) is 60.0 Å². The highest BCUT2D eigenvalue weighted by atomic mass is 19.1. The Morgan fingerprint density at radius 3 is 2.85 bits per heavy atom. The number of carbonyl (C=O) groups excluding carboxylic acids is 1. The van der Waals surface area contributed by atoms with Crippen LogP contribution in [-0.2, 0) is 0 Å². The number of nitrogens with one attached hydrogen (secondary N) is 1. The predicted octanol–water partition coefficient (Wildman–Crippen LogP) is 3.19. The number of amides is 1. The van der Waals surface area contributed by atoms with Crippen LogP contribution >= 0.6 is 0 Å². The van der Waals surface area contributed by atoms with Crippen LogP contribution in [0.15, 0.2) is 36.5 Å². The Labute approximate surface area is 116 Å². The van der Waals surface area contributed by atoms with Crippen molar-refractivity contribution in [3.05, 3.63) is 48.0 Å². The number of nitrogen functional groups attached to an aromatic ring is 1. The molecule has 1 amide bonds. The van der Waals surface area contributed by atoms with E-state index < -0.39 is 5.82 Å². The van der Waals surface area contributed by atoms with Gasteiger partial charge in [-0.15, -0.1) is 0 Å². The number of aromatic nitrogens is 1. The minimum atomic E-state index is -0.427. The molecule has 1 aliphatic rings. The summed E-state index contributed by atoms with van der Waals surface area (Å²) in [5.41, 5.74) is 6.97. The van der Waals surface area contributed by atoms with Crippen molar-refractivity contribution in [3.63, 3.8) is 0 Å². The normalized spacial score (nSPS) is 14.8. The Kier molecular flexibility index (Phi) is 3.18. The molecule has 0 bridgehead atoms. The van der Waals surface area contributed by atoms with E-state index in [1.54, 1.807) is 6.07 Å². The van der Waals surface area contributed by atoms with Crippen molar-refractivity contribution in [3.8, 4) is 0 Å². The maximum absolute atomic E-state index is 13.2. The molecule has 104 valence electrons. The molecule has 3 rings (SSSR count). The smallest absolute Gasteiger partial charge is 0.272 e. The summed E-state index contributed by atoms with van der Waals surface area (Å²) >= 11 is 0. The fourth-order valence-electron chi connectivity index (χ4n) is 2.39. The van der Waals surface area contributed by atoms with Crippen LogP contribution in [0, 0.1) is 5.82 Å². The third-order valence-electron chi connectivity index (χ3n) is 3.74. The van der Waals surface area contributed by atoms with Gasteiger partial charge >= 0.3 is 0 Å². The van der Waals surface area contributed by atoms with Crippen LogP contribution in [0.3, 0.4) is 0 Å².